The number of nitrogens with zero attached hydrogens (tertiary/aromatic N) is 12. The summed E-state index contributed by atoms with van der Waals surface area (Å²) in [4.78, 5) is 12.4. The van der Waals surface area contributed by atoms with Crippen molar-refractivity contribution in [1.29, 1.82) is 0 Å². The Bertz CT molecular complexity index is 2890. The number of aliphatic hydroxyl groups excluding tert-OH is 1. The lowest BCUT2D eigenvalue weighted by atomic mass is 9.84. The van der Waals surface area contributed by atoms with Crippen molar-refractivity contribution in [3.05, 3.63) is 257 Å². The number of benzene rings is 6. The van der Waals surface area contributed by atoms with E-state index in [1.54, 1.807) is 0 Å². The van der Waals surface area contributed by atoms with Crippen LogP contribution in [0.25, 0.3) is 41.8 Å². The molecule has 9 rings (SSSR count). The van der Waals surface area contributed by atoms with Gasteiger partial charge in [0.1, 0.15) is 42.7 Å². The number of aliphatic hydroxyl groups is 1. The van der Waals surface area contributed by atoms with E-state index in [1.807, 2.05) is 182 Å². The maximum atomic E-state index is 13.0. The number of hydrogen-bond acceptors (Lipinski definition) is 15. The normalized spacial score (nSPS) is 27.6. The fourth-order valence-corrected chi connectivity index (χ4v) is 10.4. The molecule has 3 aliphatic rings. The maximum Gasteiger partial charge on any atom is 0.187 e. The van der Waals surface area contributed by atoms with E-state index in [0.29, 0.717) is 0 Å². The van der Waals surface area contributed by atoms with Crippen LogP contribution in [-0.2, 0) is 87.0 Å². The highest BCUT2D eigenvalue weighted by Gasteiger charge is 2.55. The van der Waals surface area contributed by atoms with Crippen molar-refractivity contribution in [2.45, 2.75) is 138 Å². The van der Waals surface area contributed by atoms with Crippen molar-refractivity contribution in [3.63, 3.8) is 0 Å². The van der Waals surface area contributed by atoms with Crippen LogP contribution in [0.15, 0.2) is 202 Å². The van der Waals surface area contributed by atoms with Gasteiger partial charge >= 0.3 is 0 Å². The number of ether oxygens (including phenoxy) is 10. The molecular weight excluding hydrogens is 1060 g/mol. The van der Waals surface area contributed by atoms with Gasteiger partial charge in [0, 0.05) is 19.6 Å². The summed E-state index contributed by atoms with van der Waals surface area (Å²) >= 11 is 0. The second-order valence-electron chi connectivity index (χ2n) is 20.0. The van der Waals surface area contributed by atoms with Gasteiger partial charge in [-0.1, -0.05) is 202 Å². The summed E-state index contributed by atoms with van der Waals surface area (Å²) in [5, 5.41) is 29.0. The van der Waals surface area contributed by atoms with Crippen LogP contribution in [0, 0.1) is 0 Å². The van der Waals surface area contributed by atoms with E-state index in [1.165, 1.54) is 0 Å². The molecular formula is C60H64N12O11. The molecule has 430 valence electrons. The van der Waals surface area contributed by atoms with Crippen molar-refractivity contribution in [2.75, 3.05) is 13.1 Å². The van der Waals surface area contributed by atoms with Crippen LogP contribution in [0.1, 0.15) is 39.8 Å². The van der Waals surface area contributed by atoms with Gasteiger partial charge in [-0.15, -0.1) is 0 Å². The van der Waals surface area contributed by atoms with Gasteiger partial charge in [-0.25, -0.2) is 0 Å². The van der Waals surface area contributed by atoms with Crippen LogP contribution >= 0.6 is 0 Å². The Kier molecular flexibility index (Phi) is 22.7. The van der Waals surface area contributed by atoms with E-state index in [9.17, 15) is 27.2 Å². The molecule has 1 N–H and O–H groups in total. The van der Waals surface area contributed by atoms with Crippen LogP contribution in [-0.4, -0.2) is 110 Å². The van der Waals surface area contributed by atoms with Crippen LogP contribution < -0.4 is 0 Å². The smallest absolute Gasteiger partial charge is 0.187 e. The van der Waals surface area contributed by atoms with E-state index in [2.05, 4.69) is 40.1 Å². The van der Waals surface area contributed by atoms with E-state index < -0.39 is 91.8 Å². The Morgan fingerprint density at radius 3 is 0.892 bits per heavy atom. The Morgan fingerprint density at radius 2 is 0.627 bits per heavy atom. The quantitative estimate of drug-likeness (QED) is 0.0273. The lowest BCUT2D eigenvalue weighted by molar-refractivity contribution is -0.354. The molecule has 0 aromatic heterocycles. The molecule has 23 heteroatoms. The molecule has 0 spiro atoms. The minimum atomic E-state index is -1.79. The lowest BCUT2D eigenvalue weighted by Gasteiger charge is -2.50. The van der Waals surface area contributed by atoms with E-state index in [4.69, 9.17) is 47.4 Å². The maximum absolute atomic E-state index is 13.0. The number of rotatable bonds is 28. The first kappa shape index (κ1) is 59.7. The second-order valence-corrected chi connectivity index (χ2v) is 20.0. The molecule has 0 radical (unpaired) electrons. The van der Waals surface area contributed by atoms with Crippen LogP contribution in [0.4, 0.5) is 0 Å². The summed E-state index contributed by atoms with van der Waals surface area (Å²) in [7, 11) is 0. The third-order valence-corrected chi connectivity index (χ3v) is 14.4. The Labute approximate surface area is 479 Å². The zero-order chi connectivity index (χ0) is 57.4. The molecule has 23 nitrogen and oxygen atoms in total. The minimum Gasteiger partial charge on any atom is -0.388 e. The molecule has 0 bridgehead atoms. The number of hydrogen-bond donors (Lipinski definition) is 1. The molecule has 1 aliphatic carbocycles. The predicted molar refractivity (Wildman–Crippen MR) is 302 cm³/mol. The van der Waals surface area contributed by atoms with Crippen molar-refractivity contribution in [3.8, 4) is 0 Å². The largest absolute Gasteiger partial charge is 0.388 e. The summed E-state index contributed by atoms with van der Waals surface area (Å²) in [6, 6.07) is 54.4. The summed E-state index contributed by atoms with van der Waals surface area (Å²) in [5.74, 6) is 0. The first-order valence-corrected chi connectivity index (χ1v) is 27.3. The topological polar surface area (TPSA) is 308 Å². The standard InChI is InChI=1S/C60H64N12O11/c61-69-65-32-48-53(74-34-40-19-7-1-8-20-40)55(76-36-42-23-11-3-12-24-42)57(78-38-44-27-15-5-16-28-44)59(80-48)82-51-46(67-71-63)31-47(68-72-64)52(50(51)73)83-60-58(79-39-45-29-17-6-18-30-45)56(77-37-43-25-13-4-14-26-43)54(49(81-60)33-66-70-62)75-35-41-21-9-2-10-22-41/h1-30,46-60,73H,31-39H2/t46-,47+,48+,49-,50?,51+,52-,53+,54-,55-,56+,57+,58-,59+,60-. The van der Waals surface area contributed by atoms with Gasteiger partial charge < -0.3 is 52.5 Å². The minimum absolute atomic E-state index is 0.0357. The number of azide groups is 4. The van der Waals surface area contributed by atoms with Crippen molar-refractivity contribution < 1.29 is 52.5 Å². The highest BCUT2D eigenvalue weighted by Crippen LogP contribution is 2.39. The summed E-state index contributed by atoms with van der Waals surface area (Å²) in [5.41, 5.74) is 44.6. The summed E-state index contributed by atoms with van der Waals surface area (Å²) in [6.45, 7) is -0.00630. The highest BCUT2D eigenvalue weighted by molar-refractivity contribution is 5.19. The zero-order valence-corrected chi connectivity index (χ0v) is 45.2. The first-order chi connectivity index (χ1) is 40.9. The van der Waals surface area contributed by atoms with Crippen molar-refractivity contribution in [2.24, 2.45) is 20.5 Å². The van der Waals surface area contributed by atoms with E-state index >= 15 is 0 Å². The third kappa shape index (κ3) is 16.7. The summed E-state index contributed by atoms with van der Waals surface area (Å²) in [6.07, 6.45) is -16.1. The van der Waals surface area contributed by atoms with Gasteiger partial charge in [0.2, 0.25) is 0 Å². The molecule has 83 heavy (non-hydrogen) atoms. The fourth-order valence-electron chi connectivity index (χ4n) is 10.4. The SMILES string of the molecule is [N-]=[N+]=NC[C@@H]1O[C@@H](O[C@@H]2C(O)[C@H](O[C@H]3O[C@H](CN=[N+]=[N-])[C@@H](OCc4ccccc4)[C@H](OCc4ccccc4)[C@H]3OCc3ccccc3)[C@@H](N=[N+]=[N-])C[C@H]2N=[N+]=[N-])[C@@H](OCc2ccccc2)[C@H](OCc2ccccc2)[C@H]1OCc1ccccc1. The molecule has 2 saturated heterocycles. The zero-order valence-electron chi connectivity index (χ0n) is 45.2. The van der Waals surface area contributed by atoms with Crippen LogP contribution in [0.2, 0.25) is 0 Å². The highest BCUT2D eigenvalue weighted by atomic mass is 16.7. The van der Waals surface area contributed by atoms with Gasteiger partial charge in [0.15, 0.2) is 12.6 Å². The molecule has 6 aromatic carbocycles. The molecule has 2 heterocycles. The Hall–Kier alpha value is -7.88. The third-order valence-electron chi connectivity index (χ3n) is 14.4. The molecule has 3 fully saturated rings. The molecule has 1 saturated carbocycles. The Balaban J connectivity index is 1.09. The van der Waals surface area contributed by atoms with Crippen LogP contribution in [0.5, 0.6) is 0 Å². The van der Waals surface area contributed by atoms with Gasteiger partial charge in [-0.3, -0.25) is 0 Å². The molecule has 1 unspecified atom stereocenters. The molecule has 6 aromatic rings. The van der Waals surface area contributed by atoms with E-state index in [-0.39, 0.29) is 59.2 Å². The first-order valence-electron chi connectivity index (χ1n) is 27.3. The van der Waals surface area contributed by atoms with Gasteiger partial charge in [-0.2, -0.15) is 0 Å². The van der Waals surface area contributed by atoms with Gasteiger partial charge in [0.05, 0.1) is 89.2 Å². The molecule has 2 aliphatic heterocycles. The van der Waals surface area contributed by atoms with Crippen molar-refractivity contribution in [1.82, 2.24) is 0 Å². The second kappa shape index (κ2) is 31.5. The average Bonchev–Trinajstić information content (AvgIpc) is 3.72. The summed E-state index contributed by atoms with van der Waals surface area (Å²) < 4.78 is 68.1. The van der Waals surface area contributed by atoms with Gasteiger partial charge in [-0.05, 0) is 61.9 Å². The monoisotopic (exact) mass is 1130 g/mol. The molecule has 0 amide bonds. The fraction of sp³-hybridized carbons (Fsp3) is 0.400. The van der Waals surface area contributed by atoms with Crippen molar-refractivity contribution >= 4 is 0 Å². The lowest BCUT2D eigenvalue weighted by Crippen LogP contribution is -2.66. The average molecular weight is 1130 g/mol. The van der Waals surface area contributed by atoms with E-state index in [0.717, 1.165) is 33.4 Å². The van der Waals surface area contributed by atoms with Crippen LogP contribution in [0.3, 0.4) is 0 Å². The molecule has 15 atom stereocenters. The van der Waals surface area contributed by atoms with Gasteiger partial charge in [0.25, 0.3) is 0 Å². The Morgan fingerprint density at radius 1 is 0.361 bits per heavy atom. The predicted octanol–water partition coefficient (Wildman–Crippen LogP) is 11.5.